The maximum Gasteiger partial charge on any atom is 0.416 e. The smallest absolute Gasteiger partial charge is 0.399 e. The molecule has 0 radical (unpaired) electrons. The number of benzene rings is 1. The van der Waals surface area contributed by atoms with Gasteiger partial charge in [-0.15, -0.1) is 0 Å². The van der Waals surface area contributed by atoms with Crippen LogP contribution in [0.3, 0.4) is 0 Å². The van der Waals surface area contributed by atoms with Crippen molar-refractivity contribution in [3.05, 3.63) is 24.0 Å². The zero-order valence-electron chi connectivity index (χ0n) is 8.05. The first-order valence-corrected chi connectivity index (χ1v) is 4.34. The molecule has 0 aliphatic heterocycles. The van der Waals surface area contributed by atoms with Crippen LogP contribution in [0.25, 0.3) is 0 Å². The zero-order valence-corrected chi connectivity index (χ0v) is 8.05. The van der Waals surface area contributed by atoms with Crippen molar-refractivity contribution in [3.8, 4) is 0 Å². The molecule has 3 nitrogen and oxygen atoms in total. The highest BCUT2D eigenvalue weighted by molar-refractivity contribution is 5.54. The lowest BCUT2D eigenvalue weighted by atomic mass is 10.2. The number of hydrogen-bond acceptors (Lipinski definition) is 3. The fourth-order valence-electron chi connectivity index (χ4n) is 1.04. The van der Waals surface area contributed by atoms with Crippen LogP contribution < -0.4 is 11.1 Å². The number of nitrogens with one attached hydrogen (secondary N) is 1. The lowest BCUT2D eigenvalue weighted by molar-refractivity contribution is -0.198. The highest BCUT2D eigenvalue weighted by Crippen LogP contribution is 2.21. The van der Waals surface area contributed by atoms with Gasteiger partial charge in [-0.2, -0.15) is 13.2 Å². The van der Waals surface area contributed by atoms with Gasteiger partial charge in [0.05, 0.1) is 0 Å². The molecule has 0 aliphatic rings. The first-order chi connectivity index (χ1) is 7.29. The van der Waals surface area contributed by atoms with E-state index in [-0.39, 0.29) is 11.4 Å². The Kier molecular flexibility index (Phi) is 3.58. The first kappa shape index (κ1) is 12.6. The summed E-state index contributed by atoms with van der Waals surface area (Å²) in [5.41, 5.74) is 5.46. The molecule has 7 heteroatoms. The Morgan fingerprint density at radius 1 is 1.31 bits per heavy atom. The lowest BCUT2D eigenvalue weighted by Crippen LogP contribution is -2.35. The molecule has 4 N–H and O–H groups in total. The second kappa shape index (κ2) is 4.56. The maximum absolute atomic E-state index is 12.8. The molecule has 1 aromatic carbocycles. The number of nitrogen functional groups attached to an aromatic ring is 1. The Morgan fingerprint density at radius 2 is 1.94 bits per heavy atom. The van der Waals surface area contributed by atoms with E-state index in [9.17, 15) is 17.6 Å². The number of aliphatic hydroxyl groups is 1. The van der Waals surface area contributed by atoms with E-state index in [1.165, 1.54) is 6.07 Å². The Labute approximate surface area is 88.9 Å². The number of hydrogen-bond donors (Lipinski definition) is 3. The van der Waals surface area contributed by atoms with Crippen molar-refractivity contribution >= 4 is 11.4 Å². The third-order valence-electron chi connectivity index (χ3n) is 1.80. The standard InChI is InChI=1S/C9H10F4N2O/c10-5-1-6(14)3-7(2-5)15-4-8(16)9(11,12)13/h1-3,8,15-16H,4,14H2. The molecule has 16 heavy (non-hydrogen) atoms. The highest BCUT2D eigenvalue weighted by atomic mass is 19.4. The van der Waals surface area contributed by atoms with Crippen LogP contribution in [-0.2, 0) is 0 Å². The monoisotopic (exact) mass is 238 g/mol. The van der Waals surface area contributed by atoms with Gasteiger partial charge in [0.1, 0.15) is 5.82 Å². The number of nitrogens with two attached hydrogens (primary N) is 1. The van der Waals surface area contributed by atoms with Crippen molar-refractivity contribution in [1.82, 2.24) is 0 Å². The van der Waals surface area contributed by atoms with Crippen LogP contribution in [0.1, 0.15) is 0 Å². The van der Waals surface area contributed by atoms with Crippen LogP contribution in [0, 0.1) is 5.82 Å². The molecular weight excluding hydrogens is 228 g/mol. The summed E-state index contributed by atoms with van der Waals surface area (Å²) in [6.45, 7) is -0.758. The number of alkyl halides is 3. The van der Waals surface area contributed by atoms with Crippen LogP contribution >= 0.6 is 0 Å². The molecule has 0 heterocycles. The molecule has 1 unspecified atom stereocenters. The fraction of sp³-hybridized carbons (Fsp3) is 0.333. The van der Waals surface area contributed by atoms with Crippen molar-refractivity contribution in [1.29, 1.82) is 0 Å². The van der Waals surface area contributed by atoms with E-state index in [2.05, 4.69) is 5.32 Å². The minimum absolute atomic E-state index is 0.0841. The summed E-state index contributed by atoms with van der Waals surface area (Å²) >= 11 is 0. The number of aliphatic hydroxyl groups excluding tert-OH is 1. The number of anilines is 2. The van der Waals surface area contributed by atoms with Gasteiger partial charge >= 0.3 is 6.18 Å². The minimum atomic E-state index is -4.70. The molecule has 1 aromatic rings. The Balaban J connectivity index is 2.61. The Morgan fingerprint density at radius 3 is 2.44 bits per heavy atom. The van der Waals surface area contributed by atoms with E-state index < -0.39 is 24.6 Å². The number of halogens is 4. The molecule has 90 valence electrons. The molecule has 0 amide bonds. The second-order valence-corrected chi connectivity index (χ2v) is 3.21. The summed E-state index contributed by atoms with van der Waals surface area (Å²) in [5.74, 6) is -0.663. The van der Waals surface area contributed by atoms with Crippen LogP contribution in [-0.4, -0.2) is 23.9 Å². The van der Waals surface area contributed by atoms with E-state index in [0.29, 0.717) is 0 Å². The third kappa shape index (κ3) is 3.58. The van der Waals surface area contributed by atoms with Crippen molar-refractivity contribution in [2.75, 3.05) is 17.6 Å². The molecule has 0 aromatic heterocycles. The topological polar surface area (TPSA) is 58.3 Å². The number of rotatable bonds is 3. The molecule has 0 fully saturated rings. The maximum atomic E-state index is 12.8. The average molecular weight is 238 g/mol. The summed E-state index contributed by atoms with van der Waals surface area (Å²) < 4.78 is 48.5. The van der Waals surface area contributed by atoms with E-state index in [0.717, 1.165) is 12.1 Å². The summed E-state index contributed by atoms with van der Waals surface area (Å²) in [4.78, 5) is 0. The molecule has 1 atom stereocenters. The zero-order chi connectivity index (χ0) is 12.3. The SMILES string of the molecule is Nc1cc(F)cc(NCC(O)C(F)(F)F)c1. The lowest BCUT2D eigenvalue weighted by Gasteiger charge is -2.15. The quantitative estimate of drug-likeness (QED) is 0.555. The van der Waals surface area contributed by atoms with E-state index in [1.54, 1.807) is 0 Å². The van der Waals surface area contributed by atoms with Gasteiger partial charge in [-0.1, -0.05) is 0 Å². The molecule has 0 saturated carbocycles. The van der Waals surface area contributed by atoms with Gasteiger partial charge in [-0.05, 0) is 18.2 Å². The van der Waals surface area contributed by atoms with Crippen LogP contribution in [0.15, 0.2) is 18.2 Å². The van der Waals surface area contributed by atoms with Gasteiger partial charge < -0.3 is 16.2 Å². The second-order valence-electron chi connectivity index (χ2n) is 3.21. The summed E-state index contributed by atoms with van der Waals surface area (Å²) in [6, 6.07) is 3.29. The molecular formula is C9H10F4N2O. The predicted octanol–water partition coefficient (Wildman–Crippen LogP) is 1.74. The van der Waals surface area contributed by atoms with Crippen molar-refractivity contribution in [2.24, 2.45) is 0 Å². The van der Waals surface area contributed by atoms with Gasteiger partial charge in [0.15, 0.2) is 6.10 Å². The van der Waals surface area contributed by atoms with Gasteiger partial charge in [-0.25, -0.2) is 4.39 Å². The van der Waals surface area contributed by atoms with E-state index in [1.807, 2.05) is 0 Å². The molecule has 0 spiro atoms. The molecule has 1 rings (SSSR count). The van der Waals surface area contributed by atoms with Crippen LogP contribution in [0.2, 0.25) is 0 Å². The molecule has 0 saturated heterocycles. The normalized spacial score (nSPS) is 13.6. The minimum Gasteiger partial charge on any atom is -0.399 e. The summed E-state index contributed by atoms with van der Waals surface area (Å²) in [5, 5.41) is 10.9. The van der Waals surface area contributed by atoms with Crippen LogP contribution in [0.4, 0.5) is 28.9 Å². The van der Waals surface area contributed by atoms with Gasteiger partial charge in [0.2, 0.25) is 0 Å². The largest absolute Gasteiger partial charge is 0.416 e. The van der Waals surface area contributed by atoms with Crippen molar-refractivity contribution < 1.29 is 22.7 Å². The van der Waals surface area contributed by atoms with Gasteiger partial charge in [0, 0.05) is 17.9 Å². The molecule has 0 aliphatic carbocycles. The fourth-order valence-corrected chi connectivity index (χ4v) is 1.04. The van der Waals surface area contributed by atoms with Crippen molar-refractivity contribution in [2.45, 2.75) is 12.3 Å². The van der Waals surface area contributed by atoms with Crippen LogP contribution in [0.5, 0.6) is 0 Å². The van der Waals surface area contributed by atoms with Gasteiger partial charge in [0.25, 0.3) is 0 Å². The van der Waals surface area contributed by atoms with E-state index in [4.69, 9.17) is 10.8 Å². The van der Waals surface area contributed by atoms with Gasteiger partial charge in [-0.3, -0.25) is 0 Å². The van der Waals surface area contributed by atoms with Crippen molar-refractivity contribution in [3.63, 3.8) is 0 Å². The van der Waals surface area contributed by atoms with E-state index >= 15 is 0 Å². The predicted molar refractivity (Wildman–Crippen MR) is 51.4 cm³/mol. The summed E-state index contributed by atoms with van der Waals surface area (Å²) in [7, 11) is 0. The molecule has 0 bridgehead atoms. The Hall–Kier alpha value is -1.50. The average Bonchev–Trinajstić information content (AvgIpc) is 2.11. The summed E-state index contributed by atoms with van der Waals surface area (Å²) in [6.07, 6.45) is -7.21. The first-order valence-electron chi connectivity index (χ1n) is 4.34. The Bertz CT molecular complexity index is 347. The highest BCUT2D eigenvalue weighted by Gasteiger charge is 2.37. The third-order valence-corrected chi connectivity index (χ3v) is 1.80.